The maximum absolute atomic E-state index is 5.97. The Kier molecular flexibility index (Phi) is 2.55. The third-order valence-corrected chi connectivity index (χ3v) is 5.69. The van der Waals surface area contributed by atoms with E-state index in [1.807, 2.05) is 17.9 Å². The molecule has 3 fully saturated rings. The van der Waals surface area contributed by atoms with E-state index in [1.54, 1.807) is 0 Å². The number of hydrogen-bond acceptors (Lipinski definition) is 3. The minimum atomic E-state index is 0.387. The van der Waals surface area contributed by atoms with E-state index in [0.717, 1.165) is 12.5 Å². The third-order valence-electron chi connectivity index (χ3n) is 5.69. The van der Waals surface area contributed by atoms with Gasteiger partial charge in [-0.3, -0.25) is 4.68 Å². The van der Waals surface area contributed by atoms with Crippen LogP contribution in [0.5, 0.6) is 0 Å². The van der Waals surface area contributed by atoms with Crippen molar-refractivity contribution in [1.29, 1.82) is 0 Å². The van der Waals surface area contributed by atoms with Crippen molar-refractivity contribution in [3.63, 3.8) is 0 Å². The molecule has 0 unspecified atom stereocenters. The van der Waals surface area contributed by atoms with Gasteiger partial charge in [0.1, 0.15) is 0 Å². The van der Waals surface area contributed by atoms with Gasteiger partial charge < -0.3 is 10.1 Å². The summed E-state index contributed by atoms with van der Waals surface area (Å²) in [5.41, 5.74) is 1.76. The van der Waals surface area contributed by atoms with E-state index in [0.29, 0.717) is 23.6 Å². The average molecular weight is 261 g/mol. The van der Waals surface area contributed by atoms with Gasteiger partial charge in [-0.2, -0.15) is 5.10 Å². The van der Waals surface area contributed by atoms with Crippen LogP contribution in [-0.2, 0) is 11.8 Å². The Labute approximate surface area is 114 Å². The fraction of sp³-hybridized carbons (Fsp3) is 0.800. The molecule has 4 nitrogen and oxygen atoms in total. The fourth-order valence-corrected chi connectivity index (χ4v) is 4.52. The van der Waals surface area contributed by atoms with Gasteiger partial charge in [-0.25, -0.2) is 0 Å². The van der Waals surface area contributed by atoms with Crippen molar-refractivity contribution in [2.45, 2.75) is 50.8 Å². The highest BCUT2D eigenvalue weighted by molar-refractivity contribution is 5.20. The minimum absolute atomic E-state index is 0.387. The lowest BCUT2D eigenvalue weighted by atomic mass is 9.46. The molecule has 1 N–H and O–H groups in total. The molecular formula is C15H23N3O. The molecule has 4 rings (SSSR count). The van der Waals surface area contributed by atoms with Crippen LogP contribution in [0.2, 0.25) is 0 Å². The molecule has 1 spiro atoms. The van der Waals surface area contributed by atoms with Crippen molar-refractivity contribution in [3.8, 4) is 0 Å². The minimum Gasteiger partial charge on any atom is -0.377 e. The molecule has 4 heteroatoms. The third kappa shape index (κ3) is 1.56. The number of nitrogens with one attached hydrogen (secondary N) is 1. The quantitative estimate of drug-likeness (QED) is 0.905. The number of fused-ring (bicyclic) bond motifs is 2. The first-order chi connectivity index (χ1) is 9.21. The Bertz CT molecular complexity index is 479. The average Bonchev–Trinajstić information content (AvgIpc) is 2.91. The van der Waals surface area contributed by atoms with E-state index in [1.165, 1.54) is 31.2 Å². The number of ether oxygens (including phenoxy) is 1. The Balaban J connectivity index is 1.50. The molecule has 0 radical (unpaired) electrons. The number of nitrogens with zero attached hydrogens (tertiary/aromatic N) is 2. The van der Waals surface area contributed by atoms with Crippen LogP contribution in [0.15, 0.2) is 12.4 Å². The van der Waals surface area contributed by atoms with Gasteiger partial charge in [0.05, 0.1) is 12.3 Å². The van der Waals surface area contributed by atoms with Gasteiger partial charge in [0.15, 0.2) is 0 Å². The molecule has 0 amide bonds. The van der Waals surface area contributed by atoms with Crippen LogP contribution in [0.4, 0.5) is 0 Å². The van der Waals surface area contributed by atoms with E-state index < -0.39 is 0 Å². The molecule has 1 aliphatic heterocycles. The predicted octanol–water partition coefficient (Wildman–Crippen LogP) is 2.03. The van der Waals surface area contributed by atoms with Crippen LogP contribution >= 0.6 is 0 Å². The molecule has 2 saturated carbocycles. The summed E-state index contributed by atoms with van der Waals surface area (Å²) in [5, 5.41) is 8.15. The lowest BCUT2D eigenvalue weighted by molar-refractivity contribution is -0.178. The smallest absolute Gasteiger partial charge is 0.0690 e. The molecular weight excluding hydrogens is 238 g/mol. The molecule has 0 aromatic carbocycles. The molecule has 1 aromatic rings. The summed E-state index contributed by atoms with van der Waals surface area (Å²) >= 11 is 0. The van der Waals surface area contributed by atoms with Crippen molar-refractivity contribution in [2.24, 2.45) is 18.4 Å². The molecule has 19 heavy (non-hydrogen) atoms. The second-order valence-electron chi connectivity index (χ2n) is 6.64. The number of hydrogen-bond donors (Lipinski definition) is 1. The Morgan fingerprint density at radius 2 is 2.37 bits per heavy atom. The summed E-state index contributed by atoms with van der Waals surface area (Å²) in [4.78, 5) is 0. The molecule has 1 aromatic heterocycles. The standard InChI is InChI=1S/C15H23N3O/c1-10(11-8-16-18(2)9-11)17-13-12-4-7-19-14(12)15(13)5-3-6-15/h8-10,12-14,17H,3-7H2,1-2H3/t10-,12+,13+,14+/m1/s1. The van der Waals surface area contributed by atoms with Crippen LogP contribution in [0.1, 0.15) is 44.2 Å². The summed E-state index contributed by atoms with van der Waals surface area (Å²) in [7, 11) is 1.98. The van der Waals surface area contributed by atoms with Crippen LogP contribution in [0.25, 0.3) is 0 Å². The van der Waals surface area contributed by atoms with Gasteiger partial charge >= 0.3 is 0 Å². The topological polar surface area (TPSA) is 39.1 Å². The monoisotopic (exact) mass is 261 g/mol. The van der Waals surface area contributed by atoms with Crippen molar-refractivity contribution >= 4 is 0 Å². The molecule has 104 valence electrons. The number of rotatable bonds is 3. The highest BCUT2D eigenvalue weighted by Gasteiger charge is 2.66. The number of aryl methyl sites for hydroxylation is 1. The zero-order valence-electron chi connectivity index (χ0n) is 11.8. The van der Waals surface area contributed by atoms with Crippen LogP contribution < -0.4 is 5.32 Å². The van der Waals surface area contributed by atoms with Crippen molar-refractivity contribution in [1.82, 2.24) is 15.1 Å². The molecule has 0 bridgehead atoms. The van der Waals surface area contributed by atoms with E-state index in [9.17, 15) is 0 Å². The lowest BCUT2D eigenvalue weighted by Gasteiger charge is -2.64. The lowest BCUT2D eigenvalue weighted by Crippen LogP contribution is -2.71. The van der Waals surface area contributed by atoms with Gasteiger partial charge in [-0.1, -0.05) is 6.42 Å². The molecule has 3 aliphatic rings. The summed E-state index contributed by atoms with van der Waals surface area (Å²) in [6.07, 6.45) is 9.98. The highest BCUT2D eigenvalue weighted by Crippen LogP contribution is 2.63. The zero-order chi connectivity index (χ0) is 13.0. The van der Waals surface area contributed by atoms with E-state index in [4.69, 9.17) is 4.74 Å². The van der Waals surface area contributed by atoms with E-state index >= 15 is 0 Å². The molecule has 2 aliphatic carbocycles. The highest BCUT2D eigenvalue weighted by atomic mass is 16.5. The Morgan fingerprint density at radius 1 is 1.53 bits per heavy atom. The summed E-state index contributed by atoms with van der Waals surface area (Å²) in [6, 6.07) is 1.04. The van der Waals surface area contributed by atoms with Gasteiger partial charge in [-0.15, -0.1) is 0 Å². The van der Waals surface area contributed by atoms with E-state index in [2.05, 4.69) is 23.5 Å². The largest absolute Gasteiger partial charge is 0.377 e. The predicted molar refractivity (Wildman–Crippen MR) is 72.7 cm³/mol. The normalized spacial score (nSPS) is 36.6. The second-order valence-corrected chi connectivity index (χ2v) is 6.64. The second kappa shape index (κ2) is 4.06. The Hall–Kier alpha value is -0.870. The number of aromatic nitrogens is 2. The zero-order valence-corrected chi connectivity index (χ0v) is 11.8. The maximum Gasteiger partial charge on any atom is 0.0690 e. The molecule has 2 heterocycles. The van der Waals surface area contributed by atoms with Crippen LogP contribution in [0.3, 0.4) is 0 Å². The molecule has 4 atom stereocenters. The van der Waals surface area contributed by atoms with Crippen molar-refractivity contribution in [2.75, 3.05) is 6.61 Å². The Morgan fingerprint density at radius 3 is 3.00 bits per heavy atom. The fourth-order valence-electron chi connectivity index (χ4n) is 4.52. The first kappa shape index (κ1) is 11.9. The van der Waals surface area contributed by atoms with Gasteiger partial charge in [0.25, 0.3) is 0 Å². The van der Waals surface area contributed by atoms with Gasteiger partial charge in [-0.05, 0) is 26.2 Å². The van der Waals surface area contributed by atoms with Crippen molar-refractivity contribution in [3.05, 3.63) is 18.0 Å². The SMILES string of the molecule is C[C@@H](N[C@H]1[C@@H]2CCO[C@@H]2C12CCC2)c1cnn(C)c1. The van der Waals surface area contributed by atoms with Gasteiger partial charge in [0.2, 0.25) is 0 Å². The van der Waals surface area contributed by atoms with Crippen LogP contribution in [0, 0.1) is 11.3 Å². The van der Waals surface area contributed by atoms with E-state index in [-0.39, 0.29) is 0 Å². The summed E-state index contributed by atoms with van der Waals surface area (Å²) < 4.78 is 7.86. The summed E-state index contributed by atoms with van der Waals surface area (Å²) in [6.45, 7) is 3.23. The maximum atomic E-state index is 5.97. The molecule has 1 saturated heterocycles. The van der Waals surface area contributed by atoms with Crippen LogP contribution in [-0.4, -0.2) is 28.5 Å². The van der Waals surface area contributed by atoms with Crippen molar-refractivity contribution < 1.29 is 4.74 Å². The van der Waals surface area contributed by atoms with Gasteiger partial charge in [0, 0.05) is 48.8 Å². The summed E-state index contributed by atoms with van der Waals surface area (Å²) in [5.74, 6) is 0.749. The first-order valence-corrected chi connectivity index (χ1v) is 7.57. The first-order valence-electron chi connectivity index (χ1n) is 7.57.